The summed E-state index contributed by atoms with van der Waals surface area (Å²) in [5.41, 5.74) is 3.98. The highest BCUT2D eigenvalue weighted by Crippen LogP contribution is 2.47. The Morgan fingerprint density at radius 1 is 1.07 bits per heavy atom. The van der Waals surface area contributed by atoms with Gasteiger partial charge in [0.25, 0.3) is 0 Å². The zero-order chi connectivity index (χ0) is 19.8. The third-order valence-electron chi connectivity index (χ3n) is 6.03. The second kappa shape index (κ2) is 7.15. The fraction of sp³-hybridized carbons (Fsp3) is 0.304. The average Bonchev–Trinajstić information content (AvgIpc) is 3.01. The molecule has 0 radical (unpaired) electrons. The first kappa shape index (κ1) is 18.3. The minimum absolute atomic E-state index is 0.0565. The van der Waals surface area contributed by atoms with E-state index in [0.717, 1.165) is 27.7 Å². The van der Waals surface area contributed by atoms with Gasteiger partial charge in [-0.1, -0.05) is 55.5 Å². The highest BCUT2D eigenvalue weighted by molar-refractivity contribution is 5.88. The largest absolute Gasteiger partial charge is 0.481 e. The van der Waals surface area contributed by atoms with Gasteiger partial charge < -0.3 is 14.8 Å². The second-order valence-electron chi connectivity index (χ2n) is 7.64. The summed E-state index contributed by atoms with van der Waals surface area (Å²) in [5.74, 6) is -2.12. The monoisotopic (exact) mass is 377 g/mol. The summed E-state index contributed by atoms with van der Waals surface area (Å²) < 4.78 is 1.88. The lowest BCUT2D eigenvalue weighted by atomic mass is 9.72. The molecule has 2 N–H and O–H groups in total. The molecule has 0 aliphatic heterocycles. The van der Waals surface area contributed by atoms with Crippen molar-refractivity contribution < 1.29 is 19.8 Å². The first-order chi connectivity index (χ1) is 13.5. The number of rotatable bonds is 5. The highest BCUT2D eigenvalue weighted by atomic mass is 16.4. The SMILES string of the molecule is CC(c1ccccc1)C1CC(C(=O)O)Cc2c1n(CC(=O)O)c1ccccc21. The molecule has 0 bridgehead atoms. The molecule has 1 aliphatic rings. The number of hydrogen-bond acceptors (Lipinski definition) is 2. The molecular formula is C23H23NO4. The van der Waals surface area contributed by atoms with E-state index in [1.807, 2.05) is 47.0 Å². The Kier molecular flexibility index (Phi) is 4.67. The maximum Gasteiger partial charge on any atom is 0.323 e. The van der Waals surface area contributed by atoms with Gasteiger partial charge in [0.05, 0.1) is 5.92 Å². The van der Waals surface area contributed by atoms with Crippen molar-refractivity contribution in [2.75, 3.05) is 0 Å². The highest BCUT2D eigenvalue weighted by Gasteiger charge is 2.38. The van der Waals surface area contributed by atoms with Crippen LogP contribution in [0.2, 0.25) is 0 Å². The number of carboxylic acids is 2. The van der Waals surface area contributed by atoms with E-state index in [9.17, 15) is 19.8 Å². The first-order valence-electron chi connectivity index (χ1n) is 9.57. The van der Waals surface area contributed by atoms with Crippen molar-refractivity contribution >= 4 is 22.8 Å². The summed E-state index contributed by atoms with van der Waals surface area (Å²) in [6.45, 7) is 1.99. The number of fused-ring (bicyclic) bond motifs is 3. The lowest BCUT2D eigenvalue weighted by Crippen LogP contribution is -2.29. The normalized spacial score (nSPS) is 19.9. The third kappa shape index (κ3) is 3.07. The van der Waals surface area contributed by atoms with Gasteiger partial charge in [0.2, 0.25) is 0 Å². The van der Waals surface area contributed by atoms with Crippen LogP contribution in [-0.2, 0) is 22.6 Å². The molecule has 5 heteroatoms. The third-order valence-corrected chi connectivity index (χ3v) is 6.03. The van der Waals surface area contributed by atoms with Crippen molar-refractivity contribution in [3.05, 3.63) is 71.4 Å². The maximum absolute atomic E-state index is 11.9. The second-order valence-corrected chi connectivity index (χ2v) is 7.64. The number of para-hydroxylation sites is 1. The predicted molar refractivity (Wildman–Crippen MR) is 107 cm³/mol. The van der Waals surface area contributed by atoms with Crippen molar-refractivity contribution in [3.63, 3.8) is 0 Å². The van der Waals surface area contributed by atoms with E-state index in [1.165, 1.54) is 0 Å². The minimum Gasteiger partial charge on any atom is -0.481 e. The number of aromatic nitrogens is 1. The number of hydrogen-bond donors (Lipinski definition) is 2. The van der Waals surface area contributed by atoms with Gasteiger partial charge in [-0.2, -0.15) is 0 Å². The van der Waals surface area contributed by atoms with Crippen molar-refractivity contribution in [2.24, 2.45) is 5.92 Å². The molecule has 0 amide bonds. The summed E-state index contributed by atoms with van der Waals surface area (Å²) in [6.07, 6.45) is 0.949. The molecule has 3 atom stereocenters. The molecule has 4 rings (SSSR count). The molecule has 0 saturated heterocycles. The van der Waals surface area contributed by atoms with Crippen LogP contribution in [0.4, 0.5) is 0 Å². The summed E-state index contributed by atoms with van der Waals surface area (Å²) >= 11 is 0. The van der Waals surface area contributed by atoms with Gasteiger partial charge in [0.15, 0.2) is 0 Å². The van der Waals surface area contributed by atoms with Crippen LogP contribution in [0, 0.1) is 5.92 Å². The summed E-state index contributed by atoms with van der Waals surface area (Å²) in [6, 6.07) is 17.8. The van der Waals surface area contributed by atoms with Gasteiger partial charge in [-0.25, -0.2) is 0 Å². The van der Waals surface area contributed by atoms with Gasteiger partial charge in [-0.3, -0.25) is 9.59 Å². The Morgan fingerprint density at radius 2 is 1.75 bits per heavy atom. The van der Waals surface area contributed by atoms with E-state index in [-0.39, 0.29) is 18.4 Å². The molecule has 1 aliphatic carbocycles. The van der Waals surface area contributed by atoms with Crippen LogP contribution >= 0.6 is 0 Å². The maximum atomic E-state index is 11.9. The number of carboxylic acid groups (broad SMARTS) is 2. The van der Waals surface area contributed by atoms with Crippen LogP contribution in [0.15, 0.2) is 54.6 Å². The smallest absolute Gasteiger partial charge is 0.323 e. The summed E-state index contributed by atoms with van der Waals surface area (Å²) in [5, 5.41) is 20.2. The van der Waals surface area contributed by atoms with E-state index in [4.69, 9.17) is 0 Å². The Bertz CT molecular complexity index is 1040. The molecular weight excluding hydrogens is 354 g/mol. The quantitative estimate of drug-likeness (QED) is 0.696. The summed E-state index contributed by atoms with van der Waals surface area (Å²) in [4.78, 5) is 23.5. The average molecular weight is 377 g/mol. The molecule has 5 nitrogen and oxygen atoms in total. The molecule has 0 fully saturated rings. The van der Waals surface area contributed by atoms with Gasteiger partial charge >= 0.3 is 11.9 Å². The van der Waals surface area contributed by atoms with Crippen molar-refractivity contribution in [1.29, 1.82) is 0 Å². The van der Waals surface area contributed by atoms with Gasteiger partial charge in [0, 0.05) is 22.5 Å². The molecule has 144 valence electrons. The van der Waals surface area contributed by atoms with E-state index in [1.54, 1.807) is 0 Å². The molecule has 2 aromatic carbocycles. The fourth-order valence-electron chi connectivity index (χ4n) is 4.70. The van der Waals surface area contributed by atoms with Crippen molar-refractivity contribution in [1.82, 2.24) is 4.57 Å². The van der Waals surface area contributed by atoms with E-state index in [0.29, 0.717) is 12.8 Å². The molecule has 0 saturated carbocycles. The Balaban J connectivity index is 1.93. The van der Waals surface area contributed by atoms with Crippen LogP contribution < -0.4 is 0 Å². The van der Waals surface area contributed by atoms with Crippen LogP contribution in [0.5, 0.6) is 0 Å². The molecule has 3 unspecified atom stereocenters. The first-order valence-corrected chi connectivity index (χ1v) is 9.57. The van der Waals surface area contributed by atoms with E-state index in [2.05, 4.69) is 19.1 Å². The summed E-state index contributed by atoms with van der Waals surface area (Å²) in [7, 11) is 0. The minimum atomic E-state index is -0.893. The van der Waals surface area contributed by atoms with Crippen LogP contribution in [0.1, 0.15) is 42.0 Å². The Hall–Kier alpha value is -3.08. The Labute approximate surface area is 163 Å². The lowest BCUT2D eigenvalue weighted by Gasteiger charge is -2.33. The number of nitrogens with zero attached hydrogens (tertiary/aromatic N) is 1. The lowest BCUT2D eigenvalue weighted by molar-refractivity contribution is -0.142. The van der Waals surface area contributed by atoms with Gasteiger partial charge in [0.1, 0.15) is 6.54 Å². The molecule has 1 heterocycles. The van der Waals surface area contributed by atoms with Gasteiger partial charge in [-0.05, 0) is 36.0 Å². The van der Waals surface area contributed by atoms with Crippen molar-refractivity contribution in [3.8, 4) is 0 Å². The standard InChI is InChI=1S/C23H23NO4/c1-14(15-7-3-2-4-8-15)18-11-16(23(27)28)12-19-17-9-5-6-10-20(17)24(22(18)19)13-21(25)26/h2-10,14,16,18H,11-13H2,1H3,(H,25,26)(H,27,28). The zero-order valence-electron chi connectivity index (χ0n) is 15.7. The zero-order valence-corrected chi connectivity index (χ0v) is 15.7. The van der Waals surface area contributed by atoms with E-state index < -0.39 is 17.9 Å². The topological polar surface area (TPSA) is 79.5 Å². The number of aliphatic carboxylic acids is 2. The molecule has 0 spiro atoms. The van der Waals surface area contributed by atoms with Crippen LogP contribution in [0.3, 0.4) is 0 Å². The van der Waals surface area contributed by atoms with Crippen molar-refractivity contribution in [2.45, 2.75) is 38.1 Å². The predicted octanol–water partition coefficient (Wildman–Crippen LogP) is 4.26. The number of carbonyl (C=O) groups is 2. The van der Waals surface area contributed by atoms with Gasteiger partial charge in [-0.15, -0.1) is 0 Å². The number of benzene rings is 2. The Morgan fingerprint density at radius 3 is 2.43 bits per heavy atom. The molecule has 28 heavy (non-hydrogen) atoms. The fourth-order valence-corrected chi connectivity index (χ4v) is 4.70. The molecule has 1 aromatic heterocycles. The molecule has 3 aromatic rings. The van der Waals surface area contributed by atoms with Crippen LogP contribution in [0.25, 0.3) is 10.9 Å². The van der Waals surface area contributed by atoms with E-state index >= 15 is 0 Å². The van der Waals surface area contributed by atoms with Crippen LogP contribution in [-0.4, -0.2) is 26.7 Å².